The van der Waals surface area contributed by atoms with Gasteiger partial charge in [-0.3, -0.25) is 19.6 Å². The quantitative estimate of drug-likeness (QED) is 0.306. The molecule has 2 heterocycles. The molecule has 168 valence electrons. The van der Waals surface area contributed by atoms with Crippen LogP contribution in [0.1, 0.15) is 16.1 Å². The van der Waals surface area contributed by atoms with Crippen molar-refractivity contribution in [1.29, 1.82) is 0 Å². The zero-order valence-corrected chi connectivity index (χ0v) is 17.6. The summed E-state index contributed by atoms with van der Waals surface area (Å²) in [4.78, 5) is 23.0. The van der Waals surface area contributed by atoms with Gasteiger partial charge >= 0.3 is 5.69 Å². The molecule has 1 amide bonds. The Labute approximate surface area is 191 Å². The predicted molar refractivity (Wildman–Crippen MR) is 117 cm³/mol. The van der Waals surface area contributed by atoms with Gasteiger partial charge in [0.2, 0.25) is 0 Å². The van der Waals surface area contributed by atoms with Gasteiger partial charge in [-0.25, -0.2) is 9.07 Å². The molecule has 33 heavy (non-hydrogen) atoms. The number of ether oxygens (including phenoxy) is 1. The Morgan fingerprint density at radius 1 is 1.12 bits per heavy atom. The lowest BCUT2D eigenvalue weighted by Gasteiger charge is -2.06. The van der Waals surface area contributed by atoms with E-state index in [0.29, 0.717) is 17.9 Å². The Kier molecular flexibility index (Phi) is 6.31. The van der Waals surface area contributed by atoms with Gasteiger partial charge in [0, 0.05) is 29.5 Å². The largest absolute Gasteiger partial charge is 0.464 e. The van der Waals surface area contributed by atoms with Crippen LogP contribution >= 0.6 is 11.6 Å². The smallest absolute Gasteiger partial charge is 0.311 e. The lowest BCUT2D eigenvalue weighted by molar-refractivity contribution is -0.386. The Bertz CT molecular complexity index is 1320. The van der Waals surface area contributed by atoms with Crippen molar-refractivity contribution < 1.29 is 18.8 Å². The zero-order valence-electron chi connectivity index (χ0n) is 16.9. The van der Waals surface area contributed by atoms with Gasteiger partial charge in [0.1, 0.15) is 5.82 Å². The number of carbonyl (C=O) groups is 1. The number of nitrogens with zero attached hydrogens (tertiary/aromatic N) is 5. The number of aromatic nitrogens is 4. The van der Waals surface area contributed by atoms with E-state index in [1.54, 1.807) is 29.1 Å². The number of nitro groups is 1. The summed E-state index contributed by atoms with van der Waals surface area (Å²) in [7, 11) is 0. The van der Waals surface area contributed by atoms with Crippen LogP contribution in [0.3, 0.4) is 0 Å². The fraction of sp³-hybridized carbons (Fsp3) is 0.0952. The second-order valence-corrected chi connectivity index (χ2v) is 7.23. The molecule has 0 aliphatic heterocycles. The standard InChI is InChI=1S/C21H16ClFN6O4/c22-16-11-15(23)6-5-14(16)12-27-10-8-20(26-27)24-21(30)17-7-9-28(25-17)13-33-19-4-2-1-3-18(19)29(31)32/h1-11H,12-13H2,(H,24,26,30). The molecule has 2 aromatic carbocycles. The number of para-hydroxylation sites is 2. The summed E-state index contributed by atoms with van der Waals surface area (Å²) >= 11 is 6.04. The van der Waals surface area contributed by atoms with Gasteiger partial charge in [-0.2, -0.15) is 10.2 Å². The number of nitrogens with one attached hydrogen (secondary N) is 1. The maximum absolute atomic E-state index is 13.2. The second-order valence-electron chi connectivity index (χ2n) is 6.83. The number of halogens is 2. The molecule has 0 saturated heterocycles. The minimum atomic E-state index is -0.541. The van der Waals surface area contributed by atoms with E-state index in [1.165, 1.54) is 47.3 Å². The number of hydrogen-bond donors (Lipinski definition) is 1. The fourth-order valence-electron chi connectivity index (χ4n) is 2.94. The third-order valence-electron chi connectivity index (χ3n) is 4.52. The first-order valence-electron chi connectivity index (χ1n) is 9.57. The predicted octanol–water partition coefficient (Wildman–Crippen LogP) is 4.12. The molecule has 0 radical (unpaired) electrons. The molecule has 0 saturated carbocycles. The van der Waals surface area contributed by atoms with Crippen molar-refractivity contribution in [2.45, 2.75) is 13.3 Å². The Morgan fingerprint density at radius 3 is 2.70 bits per heavy atom. The van der Waals surface area contributed by atoms with Crippen LogP contribution < -0.4 is 10.1 Å². The van der Waals surface area contributed by atoms with Crippen LogP contribution in [0.2, 0.25) is 5.02 Å². The summed E-state index contributed by atoms with van der Waals surface area (Å²) in [6.07, 6.45) is 3.16. The Balaban J connectivity index is 1.36. The molecule has 0 atom stereocenters. The molecule has 0 bridgehead atoms. The summed E-state index contributed by atoms with van der Waals surface area (Å²) < 4.78 is 21.5. The molecule has 12 heteroatoms. The van der Waals surface area contributed by atoms with Crippen LogP contribution in [0.15, 0.2) is 67.0 Å². The number of hydrogen-bond acceptors (Lipinski definition) is 6. The van der Waals surface area contributed by atoms with Crippen molar-refractivity contribution in [3.05, 3.63) is 99.2 Å². The summed E-state index contributed by atoms with van der Waals surface area (Å²) in [5.74, 6) is -0.534. The normalized spacial score (nSPS) is 10.7. The number of carbonyl (C=O) groups excluding carboxylic acids is 1. The van der Waals surface area contributed by atoms with Gasteiger partial charge < -0.3 is 10.1 Å². The SMILES string of the molecule is O=C(Nc1ccn(Cc2ccc(F)cc2Cl)n1)c1ccn(COc2ccccc2[N+](=O)[O-])n1. The molecule has 2 aromatic heterocycles. The molecule has 1 N–H and O–H groups in total. The van der Waals surface area contributed by atoms with E-state index in [9.17, 15) is 19.3 Å². The maximum atomic E-state index is 13.2. The average molecular weight is 471 g/mol. The molecular formula is C21H16ClFN6O4. The van der Waals surface area contributed by atoms with E-state index in [0.717, 1.165) is 0 Å². The van der Waals surface area contributed by atoms with E-state index in [4.69, 9.17) is 16.3 Å². The lowest BCUT2D eigenvalue weighted by Crippen LogP contribution is -2.15. The van der Waals surface area contributed by atoms with E-state index in [2.05, 4.69) is 15.5 Å². The third-order valence-corrected chi connectivity index (χ3v) is 4.87. The molecule has 4 rings (SSSR count). The van der Waals surface area contributed by atoms with E-state index >= 15 is 0 Å². The summed E-state index contributed by atoms with van der Waals surface area (Å²) in [5.41, 5.74) is 0.619. The summed E-state index contributed by atoms with van der Waals surface area (Å²) in [6.45, 7) is 0.178. The van der Waals surface area contributed by atoms with Crippen LogP contribution in [0, 0.1) is 15.9 Å². The van der Waals surface area contributed by atoms with Crippen molar-refractivity contribution in [2.75, 3.05) is 5.32 Å². The molecule has 0 fully saturated rings. The molecule has 0 aliphatic rings. The summed E-state index contributed by atoms with van der Waals surface area (Å²) in [6, 6.07) is 13.1. The maximum Gasteiger partial charge on any atom is 0.311 e. The Hall–Kier alpha value is -4.25. The number of anilines is 1. The van der Waals surface area contributed by atoms with Gasteiger partial charge in [0.05, 0.1) is 11.5 Å². The molecule has 4 aromatic rings. The molecule has 0 aliphatic carbocycles. The van der Waals surface area contributed by atoms with E-state index in [-0.39, 0.29) is 28.9 Å². The van der Waals surface area contributed by atoms with Crippen LogP contribution in [0.5, 0.6) is 5.75 Å². The highest BCUT2D eigenvalue weighted by Gasteiger charge is 2.15. The highest BCUT2D eigenvalue weighted by molar-refractivity contribution is 6.31. The average Bonchev–Trinajstić information content (AvgIpc) is 3.44. The van der Waals surface area contributed by atoms with Crippen molar-refractivity contribution >= 4 is 29.0 Å². The first kappa shape index (κ1) is 22.0. The molecule has 10 nitrogen and oxygen atoms in total. The monoisotopic (exact) mass is 470 g/mol. The minimum Gasteiger partial charge on any atom is -0.464 e. The second kappa shape index (κ2) is 9.49. The van der Waals surface area contributed by atoms with Gasteiger partial charge in [-0.1, -0.05) is 29.8 Å². The number of benzene rings is 2. The van der Waals surface area contributed by atoms with Crippen molar-refractivity contribution in [3.8, 4) is 5.75 Å². The number of amides is 1. The van der Waals surface area contributed by atoms with Gasteiger partial charge in [-0.15, -0.1) is 0 Å². The van der Waals surface area contributed by atoms with Crippen LogP contribution in [0.25, 0.3) is 0 Å². The Morgan fingerprint density at radius 2 is 1.91 bits per heavy atom. The van der Waals surface area contributed by atoms with Crippen LogP contribution in [-0.2, 0) is 13.3 Å². The topological polar surface area (TPSA) is 117 Å². The first-order chi connectivity index (χ1) is 15.9. The van der Waals surface area contributed by atoms with Crippen LogP contribution in [-0.4, -0.2) is 30.4 Å². The van der Waals surface area contributed by atoms with Gasteiger partial charge in [0.15, 0.2) is 24.0 Å². The minimum absolute atomic E-state index is 0.0933. The molecular weight excluding hydrogens is 455 g/mol. The highest BCUT2D eigenvalue weighted by Crippen LogP contribution is 2.26. The summed E-state index contributed by atoms with van der Waals surface area (Å²) in [5, 5.41) is 22.3. The van der Waals surface area contributed by atoms with Crippen molar-refractivity contribution in [3.63, 3.8) is 0 Å². The van der Waals surface area contributed by atoms with Crippen molar-refractivity contribution in [2.24, 2.45) is 0 Å². The number of rotatable bonds is 8. The first-order valence-corrected chi connectivity index (χ1v) is 9.95. The van der Waals surface area contributed by atoms with Gasteiger partial charge in [0.25, 0.3) is 5.91 Å². The lowest BCUT2D eigenvalue weighted by atomic mass is 10.2. The van der Waals surface area contributed by atoms with Gasteiger partial charge in [-0.05, 0) is 29.8 Å². The fourth-order valence-corrected chi connectivity index (χ4v) is 3.17. The third kappa shape index (κ3) is 5.33. The van der Waals surface area contributed by atoms with E-state index in [1.807, 2.05) is 0 Å². The van der Waals surface area contributed by atoms with Crippen LogP contribution in [0.4, 0.5) is 15.9 Å². The van der Waals surface area contributed by atoms with Crippen molar-refractivity contribution in [1.82, 2.24) is 19.6 Å². The molecule has 0 unspecified atom stereocenters. The van der Waals surface area contributed by atoms with E-state index < -0.39 is 16.6 Å². The molecule has 0 spiro atoms. The highest BCUT2D eigenvalue weighted by atomic mass is 35.5. The zero-order chi connectivity index (χ0) is 23.4. The number of nitro benzene ring substituents is 1.